The predicted octanol–water partition coefficient (Wildman–Crippen LogP) is 5.63. The molecule has 2 aromatic carbocycles. The number of nitrogens with zero attached hydrogens (tertiary/aromatic N) is 1. The minimum absolute atomic E-state index is 0.143. The lowest BCUT2D eigenvalue weighted by atomic mass is 10.2. The predicted molar refractivity (Wildman–Crippen MR) is 105 cm³/mol. The zero-order chi connectivity index (χ0) is 18.8. The topological polar surface area (TPSA) is 64.4 Å². The van der Waals surface area contributed by atoms with Gasteiger partial charge in [0, 0.05) is 18.7 Å². The first kappa shape index (κ1) is 20.5. The number of halogens is 2. The number of hydrogen-bond acceptors (Lipinski definition) is 4. The molecule has 2 rings (SSSR count). The molecule has 0 radical (unpaired) electrons. The van der Waals surface area contributed by atoms with Crippen LogP contribution in [-0.4, -0.2) is 18.1 Å². The van der Waals surface area contributed by atoms with Crippen molar-refractivity contribution in [3.05, 3.63) is 68.2 Å². The van der Waals surface area contributed by atoms with Crippen molar-refractivity contribution in [3.8, 4) is 5.75 Å². The van der Waals surface area contributed by atoms with E-state index in [0.717, 1.165) is 38.8 Å². The van der Waals surface area contributed by atoms with E-state index in [0.29, 0.717) is 12.4 Å². The Kier molecular flexibility index (Phi) is 8.68. The zero-order valence-corrected chi connectivity index (χ0v) is 15.9. The molecule has 0 heterocycles. The highest BCUT2D eigenvalue weighted by Crippen LogP contribution is 2.36. The molecule has 2 aromatic rings. The standard InChI is InChI=1S/C19H22Cl2N2O3/c20-17-12-16(23(24)25)13-18(21)19(17)26-11-7-2-1-6-10-22-14-15-8-4-3-5-9-15/h3-5,8-9,12-13,22H,1-2,6-7,10-11,14H2. The van der Waals surface area contributed by atoms with Crippen LogP contribution in [0, 0.1) is 10.1 Å². The number of hydrogen-bond donors (Lipinski definition) is 1. The summed E-state index contributed by atoms with van der Waals surface area (Å²) in [6.45, 7) is 2.35. The van der Waals surface area contributed by atoms with Crippen molar-refractivity contribution in [1.29, 1.82) is 0 Å². The van der Waals surface area contributed by atoms with Gasteiger partial charge in [0.1, 0.15) is 0 Å². The maximum absolute atomic E-state index is 10.7. The Morgan fingerprint density at radius 1 is 1.00 bits per heavy atom. The number of nitrogens with one attached hydrogen (secondary N) is 1. The third-order valence-electron chi connectivity index (χ3n) is 3.86. The lowest BCUT2D eigenvalue weighted by Gasteiger charge is -2.10. The summed E-state index contributed by atoms with van der Waals surface area (Å²) < 4.78 is 5.59. The number of nitro groups is 1. The van der Waals surface area contributed by atoms with Gasteiger partial charge < -0.3 is 10.1 Å². The highest BCUT2D eigenvalue weighted by Gasteiger charge is 2.15. The largest absolute Gasteiger partial charge is 0.490 e. The van der Waals surface area contributed by atoms with Gasteiger partial charge in [-0.25, -0.2) is 0 Å². The Labute approximate surface area is 163 Å². The van der Waals surface area contributed by atoms with Crippen LogP contribution >= 0.6 is 23.2 Å². The molecular weight excluding hydrogens is 375 g/mol. The van der Waals surface area contributed by atoms with Crippen LogP contribution in [0.15, 0.2) is 42.5 Å². The lowest BCUT2D eigenvalue weighted by Crippen LogP contribution is -2.14. The molecule has 140 valence electrons. The molecule has 0 aromatic heterocycles. The summed E-state index contributed by atoms with van der Waals surface area (Å²) in [5.74, 6) is 0.309. The first-order chi connectivity index (χ1) is 12.6. The molecule has 0 fully saturated rings. The van der Waals surface area contributed by atoms with E-state index in [9.17, 15) is 10.1 Å². The number of rotatable bonds is 11. The van der Waals surface area contributed by atoms with E-state index in [2.05, 4.69) is 17.4 Å². The fraction of sp³-hybridized carbons (Fsp3) is 0.368. The van der Waals surface area contributed by atoms with E-state index in [1.165, 1.54) is 17.7 Å². The molecular formula is C19H22Cl2N2O3. The Morgan fingerprint density at radius 3 is 2.31 bits per heavy atom. The molecule has 7 heteroatoms. The zero-order valence-electron chi connectivity index (χ0n) is 14.4. The van der Waals surface area contributed by atoms with Crippen molar-refractivity contribution in [2.24, 2.45) is 0 Å². The smallest absolute Gasteiger partial charge is 0.272 e. The van der Waals surface area contributed by atoms with Gasteiger partial charge in [-0.3, -0.25) is 10.1 Å². The van der Waals surface area contributed by atoms with Crippen LogP contribution in [0.4, 0.5) is 5.69 Å². The van der Waals surface area contributed by atoms with Crippen molar-refractivity contribution >= 4 is 28.9 Å². The van der Waals surface area contributed by atoms with E-state index in [1.807, 2.05) is 18.2 Å². The van der Waals surface area contributed by atoms with Crippen LogP contribution in [-0.2, 0) is 6.54 Å². The monoisotopic (exact) mass is 396 g/mol. The summed E-state index contributed by atoms with van der Waals surface area (Å²) in [6, 6.07) is 12.8. The van der Waals surface area contributed by atoms with Crippen LogP contribution in [0.3, 0.4) is 0 Å². The van der Waals surface area contributed by atoms with E-state index in [-0.39, 0.29) is 15.7 Å². The molecule has 0 amide bonds. The highest BCUT2D eigenvalue weighted by atomic mass is 35.5. The second-order valence-corrected chi connectivity index (χ2v) is 6.74. The third-order valence-corrected chi connectivity index (χ3v) is 4.42. The molecule has 5 nitrogen and oxygen atoms in total. The van der Waals surface area contributed by atoms with Crippen molar-refractivity contribution < 1.29 is 9.66 Å². The van der Waals surface area contributed by atoms with Crippen molar-refractivity contribution in [2.75, 3.05) is 13.2 Å². The Bertz CT molecular complexity index is 688. The van der Waals surface area contributed by atoms with Crippen molar-refractivity contribution in [2.45, 2.75) is 32.2 Å². The van der Waals surface area contributed by atoms with Gasteiger partial charge in [-0.15, -0.1) is 0 Å². The molecule has 0 aliphatic rings. The lowest BCUT2D eigenvalue weighted by molar-refractivity contribution is -0.384. The van der Waals surface area contributed by atoms with Gasteiger partial charge >= 0.3 is 0 Å². The van der Waals surface area contributed by atoms with Gasteiger partial charge in [-0.2, -0.15) is 0 Å². The first-order valence-electron chi connectivity index (χ1n) is 8.59. The number of unbranched alkanes of at least 4 members (excludes halogenated alkanes) is 3. The number of nitro benzene ring substituents is 1. The maximum atomic E-state index is 10.7. The second-order valence-electron chi connectivity index (χ2n) is 5.92. The van der Waals surface area contributed by atoms with Crippen LogP contribution in [0.1, 0.15) is 31.2 Å². The molecule has 0 saturated heterocycles. The molecule has 0 spiro atoms. The average molecular weight is 397 g/mol. The van der Waals surface area contributed by atoms with Gasteiger partial charge in [-0.1, -0.05) is 66.4 Å². The summed E-state index contributed by atoms with van der Waals surface area (Å²) >= 11 is 12.0. The molecule has 0 aliphatic carbocycles. The number of ether oxygens (including phenoxy) is 1. The van der Waals surface area contributed by atoms with Crippen LogP contribution in [0.25, 0.3) is 0 Å². The van der Waals surface area contributed by atoms with E-state index >= 15 is 0 Å². The fourth-order valence-corrected chi connectivity index (χ4v) is 3.08. The van der Waals surface area contributed by atoms with Gasteiger partial charge in [0.15, 0.2) is 5.75 Å². The van der Waals surface area contributed by atoms with E-state index < -0.39 is 4.92 Å². The minimum Gasteiger partial charge on any atom is -0.490 e. The second kappa shape index (κ2) is 11.0. The van der Waals surface area contributed by atoms with Gasteiger partial charge in [0.05, 0.1) is 21.6 Å². The van der Waals surface area contributed by atoms with Crippen LogP contribution in [0.2, 0.25) is 10.0 Å². The highest BCUT2D eigenvalue weighted by molar-refractivity contribution is 6.37. The third kappa shape index (κ3) is 6.83. The fourth-order valence-electron chi connectivity index (χ4n) is 2.50. The Morgan fingerprint density at radius 2 is 1.65 bits per heavy atom. The molecule has 1 N–H and O–H groups in total. The molecule has 0 aliphatic heterocycles. The first-order valence-corrected chi connectivity index (χ1v) is 9.34. The molecule has 0 atom stereocenters. The summed E-state index contributed by atoms with van der Waals surface area (Å²) in [7, 11) is 0. The summed E-state index contributed by atoms with van der Waals surface area (Å²) in [4.78, 5) is 10.2. The Hall–Kier alpha value is -1.82. The molecule has 26 heavy (non-hydrogen) atoms. The van der Waals surface area contributed by atoms with Crippen molar-refractivity contribution in [3.63, 3.8) is 0 Å². The normalized spacial score (nSPS) is 10.7. The van der Waals surface area contributed by atoms with Gasteiger partial charge in [0.2, 0.25) is 0 Å². The molecule has 0 unspecified atom stereocenters. The summed E-state index contributed by atoms with van der Waals surface area (Å²) in [5.41, 5.74) is 1.15. The number of non-ortho nitro benzene ring substituents is 1. The van der Waals surface area contributed by atoms with Gasteiger partial charge in [-0.05, 0) is 24.9 Å². The Balaban J connectivity index is 1.57. The van der Waals surface area contributed by atoms with Crippen LogP contribution < -0.4 is 10.1 Å². The van der Waals surface area contributed by atoms with Crippen LogP contribution in [0.5, 0.6) is 5.75 Å². The SMILES string of the molecule is O=[N+]([O-])c1cc(Cl)c(OCCCCCCNCc2ccccc2)c(Cl)c1. The average Bonchev–Trinajstić information content (AvgIpc) is 2.62. The summed E-state index contributed by atoms with van der Waals surface area (Å²) in [6.07, 6.45) is 4.12. The van der Waals surface area contributed by atoms with E-state index in [4.69, 9.17) is 27.9 Å². The van der Waals surface area contributed by atoms with Crippen molar-refractivity contribution in [1.82, 2.24) is 5.32 Å². The summed E-state index contributed by atoms with van der Waals surface area (Å²) in [5, 5.41) is 14.5. The number of benzene rings is 2. The minimum atomic E-state index is -0.534. The molecule has 0 saturated carbocycles. The quantitative estimate of drug-likeness (QED) is 0.303. The maximum Gasteiger partial charge on any atom is 0.272 e. The van der Waals surface area contributed by atoms with Gasteiger partial charge in [0.25, 0.3) is 5.69 Å². The van der Waals surface area contributed by atoms with E-state index in [1.54, 1.807) is 0 Å². The molecule has 0 bridgehead atoms.